The van der Waals surface area contributed by atoms with Crippen LogP contribution in [0.15, 0.2) is 0 Å². The first-order valence-corrected chi connectivity index (χ1v) is 8.45. The summed E-state index contributed by atoms with van der Waals surface area (Å²) in [6.07, 6.45) is 2.82. The van der Waals surface area contributed by atoms with E-state index in [2.05, 4.69) is 18.9 Å². The zero-order valence-corrected chi connectivity index (χ0v) is 12.2. The van der Waals surface area contributed by atoms with E-state index in [4.69, 9.17) is 25.6 Å². The summed E-state index contributed by atoms with van der Waals surface area (Å²) in [6.45, 7) is 4.66. The van der Waals surface area contributed by atoms with Gasteiger partial charge in [-0.05, 0) is 31.1 Å². The van der Waals surface area contributed by atoms with Gasteiger partial charge in [-0.3, -0.25) is 0 Å². The molecule has 0 unspecified atom stereocenters. The Bertz CT molecular complexity index is 193. The van der Waals surface area contributed by atoms with Crippen molar-refractivity contribution in [1.82, 2.24) is 5.09 Å². The molecule has 0 fully saturated rings. The summed E-state index contributed by atoms with van der Waals surface area (Å²) in [5, 5.41) is 3.20. The molecule has 0 aliphatic carbocycles. The second kappa shape index (κ2) is 10.6. The van der Waals surface area contributed by atoms with Crippen molar-refractivity contribution in [1.29, 1.82) is 0 Å². The first-order chi connectivity index (χ1) is 7.68. The molecule has 4 nitrogen and oxygen atoms in total. The SMILES string of the molecule is CCCOP(=S)(NCCCOC)OCCC. The first-order valence-electron chi connectivity index (χ1n) is 5.81. The minimum absolute atomic E-state index is 0.651. The number of methoxy groups -OCH3 is 1. The number of nitrogens with one attached hydrogen (secondary N) is 1. The highest BCUT2D eigenvalue weighted by Crippen LogP contribution is 2.44. The van der Waals surface area contributed by atoms with Crippen LogP contribution in [0.5, 0.6) is 0 Å². The highest BCUT2D eigenvalue weighted by Gasteiger charge is 2.17. The van der Waals surface area contributed by atoms with Crippen LogP contribution in [0.2, 0.25) is 0 Å². The van der Waals surface area contributed by atoms with Gasteiger partial charge in [0, 0.05) is 20.3 Å². The third-order valence-electron chi connectivity index (χ3n) is 1.76. The molecule has 0 radical (unpaired) electrons. The zero-order valence-electron chi connectivity index (χ0n) is 10.5. The minimum atomic E-state index is -2.26. The second-order valence-electron chi connectivity index (χ2n) is 3.42. The fourth-order valence-electron chi connectivity index (χ4n) is 0.984. The summed E-state index contributed by atoms with van der Waals surface area (Å²) in [4.78, 5) is 0. The molecule has 0 spiro atoms. The van der Waals surface area contributed by atoms with E-state index in [0.717, 1.165) is 32.4 Å². The van der Waals surface area contributed by atoms with Crippen LogP contribution in [0.3, 0.4) is 0 Å². The molecular formula is C10H24NO3PS. The van der Waals surface area contributed by atoms with Crippen LogP contribution in [0.4, 0.5) is 0 Å². The fourth-order valence-corrected chi connectivity index (χ4v) is 3.24. The smallest absolute Gasteiger partial charge is 0.261 e. The Balaban J connectivity index is 3.92. The largest absolute Gasteiger partial charge is 0.385 e. The molecule has 0 rings (SSSR count). The number of hydrogen-bond donors (Lipinski definition) is 1. The summed E-state index contributed by atoms with van der Waals surface area (Å²) < 4.78 is 16.2. The van der Waals surface area contributed by atoms with Gasteiger partial charge in [0.2, 0.25) is 0 Å². The van der Waals surface area contributed by atoms with Crippen LogP contribution < -0.4 is 5.09 Å². The lowest BCUT2D eigenvalue weighted by atomic mass is 10.5. The van der Waals surface area contributed by atoms with Gasteiger partial charge in [0.05, 0.1) is 13.2 Å². The Morgan fingerprint density at radius 2 is 1.62 bits per heavy atom. The normalized spacial score (nSPS) is 11.9. The van der Waals surface area contributed by atoms with Crippen LogP contribution in [0.1, 0.15) is 33.1 Å². The van der Waals surface area contributed by atoms with E-state index in [-0.39, 0.29) is 0 Å². The minimum Gasteiger partial charge on any atom is -0.385 e. The van der Waals surface area contributed by atoms with E-state index >= 15 is 0 Å². The molecule has 98 valence electrons. The van der Waals surface area contributed by atoms with Crippen molar-refractivity contribution in [2.24, 2.45) is 0 Å². The van der Waals surface area contributed by atoms with Crippen molar-refractivity contribution < 1.29 is 13.8 Å². The van der Waals surface area contributed by atoms with Crippen molar-refractivity contribution in [2.45, 2.75) is 33.1 Å². The van der Waals surface area contributed by atoms with Crippen molar-refractivity contribution >= 4 is 18.4 Å². The third kappa shape index (κ3) is 8.62. The topological polar surface area (TPSA) is 39.7 Å². The van der Waals surface area contributed by atoms with Crippen LogP contribution in [-0.2, 0) is 25.6 Å². The number of rotatable bonds is 11. The van der Waals surface area contributed by atoms with E-state index in [9.17, 15) is 0 Å². The van der Waals surface area contributed by atoms with Crippen LogP contribution >= 0.6 is 6.64 Å². The maximum atomic E-state index is 5.61. The number of hydrogen-bond acceptors (Lipinski definition) is 4. The average Bonchev–Trinajstić information content (AvgIpc) is 2.30. The first kappa shape index (κ1) is 16.5. The van der Waals surface area contributed by atoms with Gasteiger partial charge in [-0.15, -0.1) is 0 Å². The Morgan fingerprint density at radius 3 is 2.06 bits per heavy atom. The van der Waals surface area contributed by atoms with E-state index in [1.54, 1.807) is 7.11 Å². The van der Waals surface area contributed by atoms with Gasteiger partial charge in [0.1, 0.15) is 0 Å². The molecule has 0 aromatic carbocycles. The molecule has 16 heavy (non-hydrogen) atoms. The molecule has 0 amide bonds. The summed E-state index contributed by atoms with van der Waals surface area (Å²) in [6, 6.07) is 0. The Morgan fingerprint density at radius 1 is 1.06 bits per heavy atom. The summed E-state index contributed by atoms with van der Waals surface area (Å²) in [7, 11) is 1.69. The molecule has 0 saturated carbocycles. The van der Waals surface area contributed by atoms with Gasteiger partial charge in [0.15, 0.2) is 0 Å². The van der Waals surface area contributed by atoms with Crippen LogP contribution in [0, 0.1) is 0 Å². The molecule has 0 bridgehead atoms. The maximum absolute atomic E-state index is 5.61. The Labute approximate surface area is 104 Å². The molecular weight excluding hydrogens is 245 g/mol. The molecule has 1 N–H and O–H groups in total. The standard InChI is InChI=1S/C10H24NO3PS/c1-4-8-13-15(16,14-9-5-2)11-7-6-10-12-3/h4-10H2,1-3H3,(H,11,16). The predicted octanol–water partition coefficient (Wildman–Crippen LogP) is 2.69. The molecule has 0 heterocycles. The summed E-state index contributed by atoms with van der Waals surface area (Å²) in [5.74, 6) is 0. The lowest BCUT2D eigenvalue weighted by Gasteiger charge is -2.22. The molecule has 0 aromatic heterocycles. The van der Waals surface area contributed by atoms with Crippen molar-refractivity contribution in [2.75, 3.05) is 33.5 Å². The predicted molar refractivity (Wildman–Crippen MR) is 71.3 cm³/mol. The maximum Gasteiger partial charge on any atom is 0.261 e. The highest BCUT2D eigenvalue weighted by atomic mass is 32.5. The van der Waals surface area contributed by atoms with Gasteiger partial charge in [-0.25, -0.2) is 5.09 Å². The third-order valence-corrected chi connectivity index (χ3v) is 4.44. The quantitative estimate of drug-likeness (QED) is 0.461. The highest BCUT2D eigenvalue weighted by molar-refractivity contribution is 8.08. The van der Waals surface area contributed by atoms with E-state index < -0.39 is 6.64 Å². The van der Waals surface area contributed by atoms with E-state index in [1.807, 2.05) is 0 Å². The molecule has 0 aliphatic heterocycles. The van der Waals surface area contributed by atoms with Crippen molar-refractivity contribution in [3.63, 3.8) is 0 Å². The molecule has 0 atom stereocenters. The van der Waals surface area contributed by atoms with E-state index in [0.29, 0.717) is 13.2 Å². The summed E-state index contributed by atoms with van der Waals surface area (Å²) in [5.41, 5.74) is 0. The van der Waals surface area contributed by atoms with E-state index in [1.165, 1.54) is 0 Å². The molecule has 6 heteroatoms. The second-order valence-corrected chi connectivity index (χ2v) is 6.69. The van der Waals surface area contributed by atoms with Gasteiger partial charge in [-0.1, -0.05) is 13.8 Å². The van der Waals surface area contributed by atoms with Gasteiger partial charge in [0.25, 0.3) is 6.64 Å². The Kier molecular flexibility index (Phi) is 11.0. The van der Waals surface area contributed by atoms with Crippen molar-refractivity contribution in [3.05, 3.63) is 0 Å². The molecule has 0 saturated heterocycles. The van der Waals surface area contributed by atoms with Crippen molar-refractivity contribution in [3.8, 4) is 0 Å². The fraction of sp³-hybridized carbons (Fsp3) is 1.00. The van der Waals surface area contributed by atoms with Crippen LogP contribution in [0.25, 0.3) is 0 Å². The van der Waals surface area contributed by atoms with Gasteiger partial charge in [-0.2, -0.15) is 0 Å². The lowest BCUT2D eigenvalue weighted by Crippen LogP contribution is -2.17. The molecule has 0 aliphatic rings. The molecule has 0 aromatic rings. The lowest BCUT2D eigenvalue weighted by molar-refractivity contribution is 0.193. The zero-order chi connectivity index (χ0) is 12.3. The monoisotopic (exact) mass is 269 g/mol. The van der Waals surface area contributed by atoms with Crippen LogP contribution in [-0.4, -0.2) is 33.5 Å². The van der Waals surface area contributed by atoms with Gasteiger partial charge >= 0.3 is 0 Å². The Hall–Kier alpha value is 0.490. The average molecular weight is 269 g/mol. The number of ether oxygens (including phenoxy) is 1. The van der Waals surface area contributed by atoms with Gasteiger partial charge < -0.3 is 13.8 Å². The summed E-state index contributed by atoms with van der Waals surface area (Å²) >= 11 is 5.40.